The minimum atomic E-state index is 0.0465. The Labute approximate surface area is 122 Å². The minimum Gasteiger partial charge on any atom is -0.505 e. The molecule has 3 aromatic rings. The highest BCUT2D eigenvalue weighted by Gasteiger charge is 2.11. The van der Waals surface area contributed by atoms with E-state index >= 15 is 0 Å². The summed E-state index contributed by atoms with van der Waals surface area (Å²) < 4.78 is 5.29. The summed E-state index contributed by atoms with van der Waals surface area (Å²) in [7, 11) is 1.58. The molecule has 3 rings (SSSR count). The molecule has 0 bridgehead atoms. The van der Waals surface area contributed by atoms with Crippen molar-refractivity contribution in [2.75, 3.05) is 7.11 Å². The molecule has 0 aliphatic heterocycles. The normalized spacial score (nSPS) is 11.1. The van der Waals surface area contributed by atoms with Crippen molar-refractivity contribution in [3.63, 3.8) is 0 Å². The number of phenolic OH excluding ortho intramolecular Hbond substituents is 1. The highest BCUT2D eigenvalue weighted by molar-refractivity contribution is 5.99. The van der Waals surface area contributed by atoms with Gasteiger partial charge in [0.25, 0.3) is 0 Å². The molecule has 0 unspecified atom stereocenters. The molecule has 0 aliphatic rings. The molecule has 0 radical (unpaired) electrons. The Bertz CT molecular complexity index is 798. The van der Waals surface area contributed by atoms with Crippen molar-refractivity contribution < 1.29 is 9.84 Å². The van der Waals surface area contributed by atoms with Crippen LogP contribution in [-0.4, -0.2) is 12.2 Å². The molecule has 0 atom stereocenters. The van der Waals surface area contributed by atoms with E-state index in [1.165, 1.54) is 0 Å². The molecular weight excluding hydrogens is 264 g/mol. The first-order valence-electron chi connectivity index (χ1n) is 6.55. The lowest BCUT2D eigenvalue weighted by molar-refractivity contribution is 0.413. The molecule has 0 saturated carbocycles. The van der Waals surface area contributed by atoms with E-state index in [0.717, 1.165) is 16.5 Å². The summed E-state index contributed by atoms with van der Waals surface area (Å²) in [4.78, 5) is 0. The topological polar surface area (TPSA) is 54.2 Å². The summed E-state index contributed by atoms with van der Waals surface area (Å²) >= 11 is 0. The van der Waals surface area contributed by atoms with Crippen LogP contribution < -0.4 is 4.74 Å². The van der Waals surface area contributed by atoms with E-state index in [-0.39, 0.29) is 5.75 Å². The number of ether oxygens (including phenoxy) is 1. The zero-order valence-corrected chi connectivity index (χ0v) is 11.5. The van der Waals surface area contributed by atoms with E-state index in [4.69, 9.17) is 4.74 Å². The summed E-state index contributed by atoms with van der Waals surface area (Å²) in [5.41, 5.74) is 1.17. The van der Waals surface area contributed by atoms with Gasteiger partial charge in [0, 0.05) is 16.8 Å². The largest absolute Gasteiger partial charge is 0.505 e. The second kappa shape index (κ2) is 5.63. The Morgan fingerprint density at radius 2 is 1.52 bits per heavy atom. The van der Waals surface area contributed by atoms with Crippen molar-refractivity contribution in [2.24, 2.45) is 10.2 Å². The lowest BCUT2D eigenvalue weighted by Gasteiger charge is -2.09. The fraction of sp³-hybridized carbons (Fsp3) is 0.0588. The van der Waals surface area contributed by atoms with Crippen LogP contribution in [0.2, 0.25) is 0 Å². The Kier molecular flexibility index (Phi) is 3.51. The van der Waals surface area contributed by atoms with Crippen LogP contribution in [0.25, 0.3) is 10.8 Å². The second-order valence-electron chi connectivity index (χ2n) is 4.53. The molecule has 0 saturated heterocycles. The first-order chi connectivity index (χ1) is 10.3. The summed E-state index contributed by atoms with van der Waals surface area (Å²) in [6.45, 7) is 0. The average Bonchev–Trinajstić information content (AvgIpc) is 2.54. The van der Waals surface area contributed by atoms with Gasteiger partial charge in [-0.25, -0.2) is 0 Å². The van der Waals surface area contributed by atoms with Crippen molar-refractivity contribution in [3.8, 4) is 11.5 Å². The van der Waals surface area contributed by atoms with Crippen molar-refractivity contribution in [2.45, 2.75) is 0 Å². The number of phenols is 1. The maximum absolute atomic E-state index is 10.2. The minimum absolute atomic E-state index is 0.0465. The van der Waals surface area contributed by atoms with Gasteiger partial charge in [0.05, 0.1) is 12.8 Å². The van der Waals surface area contributed by atoms with Gasteiger partial charge in [-0.1, -0.05) is 42.5 Å². The van der Waals surface area contributed by atoms with Crippen LogP contribution in [-0.2, 0) is 0 Å². The van der Waals surface area contributed by atoms with E-state index in [9.17, 15) is 5.11 Å². The molecule has 0 spiro atoms. The third-order valence-electron chi connectivity index (χ3n) is 3.20. The van der Waals surface area contributed by atoms with Gasteiger partial charge >= 0.3 is 0 Å². The molecule has 104 valence electrons. The van der Waals surface area contributed by atoms with E-state index in [1.807, 2.05) is 54.6 Å². The van der Waals surface area contributed by atoms with Gasteiger partial charge in [-0.3, -0.25) is 0 Å². The van der Waals surface area contributed by atoms with Crippen molar-refractivity contribution >= 4 is 22.1 Å². The number of hydrogen-bond donors (Lipinski definition) is 1. The van der Waals surface area contributed by atoms with Gasteiger partial charge in [0.2, 0.25) is 0 Å². The zero-order chi connectivity index (χ0) is 14.7. The van der Waals surface area contributed by atoms with Gasteiger partial charge in [0.15, 0.2) is 0 Å². The van der Waals surface area contributed by atoms with Crippen LogP contribution in [0.1, 0.15) is 0 Å². The van der Waals surface area contributed by atoms with Gasteiger partial charge < -0.3 is 9.84 Å². The highest BCUT2D eigenvalue weighted by atomic mass is 16.5. The van der Waals surface area contributed by atoms with Crippen LogP contribution in [0.5, 0.6) is 11.5 Å². The number of fused-ring (bicyclic) bond motifs is 1. The molecule has 0 aromatic heterocycles. The molecule has 0 amide bonds. The number of aromatic hydroxyl groups is 1. The Morgan fingerprint density at radius 1 is 0.857 bits per heavy atom. The Morgan fingerprint density at radius 3 is 2.24 bits per heavy atom. The molecule has 4 nitrogen and oxygen atoms in total. The van der Waals surface area contributed by atoms with E-state index in [0.29, 0.717) is 11.4 Å². The Balaban J connectivity index is 2.14. The molecule has 1 N–H and O–H groups in total. The zero-order valence-electron chi connectivity index (χ0n) is 11.5. The van der Waals surface area contributed by atoms with E-state index in [2.05, 4.69) is 10.2 Å². The monoisotopic (exact) mass is 278 g/mol. The predicted octanol–water partition coefficient (Wildman–Crippen LogP) is 4.97. The van der Waals surface area contributed by atoms with Gasteiger partial charge in [-0.15, -0.1) is 5.11 Å². The third kappa shape index (κ3) is 2.56. The lowest BCUT2D eigenvalue weighted by Crippen LogP contribution is -1.85. The van der Waals surface area contributed by atoms with Gasteiger partial charge in [-0.05, 0) is 12.1 Å². The van der Waals surface area contributed by atoms with Crippen LogP contribution in [0.15, 0.2) is 70.9 Å². The van der Waals surface area contributed by atoms with Crippen LogP contribution in [0, 0.1) is 0 Å². The van der Waals surface area contributed by atoms with Crippen molar-refractivity contribution in [1.29, 1.82) is 0 Å². The number of nitrogens with zero attached hydrogens (tertiary/aromatic N) is 2. The van der Waals surface area contributed by atoms with Crippen molar-refractivity contribution in [1.82, 2.24) is 0 Å². The van der Waals surface area contributed by atoms with E-state index in [1.54, 1.807) is 13.2 Å². The first-order valence-corrected chi connectivity index (χ1v) is 6.55. The number of rotatable bonds is 3. The fourth-order valence-corrected chi connectivity index (χ4v) is 2.19. The fourth-order valence-electron chi connectivity index (χ4n) is 2.19. The second-order valence-corrected chi connectivity index (χ2v) is 4.53. The maximum atomic E-state index is 10.2. The molecule has 0 heterocycles. The number of methoxy groups -OCH3 is 1. The number of benzene rings is 3. The molecule has 0 fully saturated rings. The smallest absolute Gasteiger partial charge is 0.147 e. The molecule has 21 heavy (non-hydrogen) atoms. The van der Waals surface area contributed by atoms with Gasteiger partial charge in [0.1, 0.15) is 17.2 Å². The summed E-state index contributed by atoms with van der Waals surface area (Å²) in [6.07, 6.45) is 0. The third-order valence-corrected chi connectivity index (χ3v) is 3.20. The van der Waals surface area contributed by atoms with Gasteiger partial charge in [-0.2, -0.15) is 5.11 Å². The summed E-state index contributed by atoms with van der Waals surface area (Å²) in [5, 5.41) is 20.2. The quantitative estimate of drug-likeness (QED) is 0.688. The number of azo groups is 1. The summed E-state index contributed by atoms with van der Waals surface area (Å²) in [6, 6.07) is 18.6. The molecule has 0 aliphatic carbocycles. The average molecular weight is 278 g/mol. The predicted molar refractivity (Wildman–Crippen MR) is 82.8 cm³/mol. The summed E-state index contributed by atoms with van der Waals surface area (Å²) in [5.74, 6) is 0.659. The standard InChI is InChI=1S/C17H14N2O2/c1-21-16-11-15(20)17(14-10-6-5-9-13(14)16)19-18-12-7-3-2-4-8-12/h2-11,20H,1H3. The molecule has 4 heteroatoms. The van der Waals surface area contributed by atoms with Crippen molar-refractivity contribution in [3.05, 3.63) is 60.7 Å². The van der Waals surface area contributed by atoms with Crippen LogP contribution >= 0.6 is 0 Å². The molecule has 3 aromatic carbocycles. The number of hydrogen-bond acceptors (Lipinski definition) is 4. The Hall–Kier alpha value is -2.88. The maximum Gasteiger partial charge on any atom is 0.147 e. The van der Waals surface area contributed by atoms with Crippen LogP contribution in [0.3, 0.4) is 0 Å². The van der Waals surface area contributed by atoms with E-state index < -0.39 is 0 Å². The molecular formula is C17H14N2O2. The SMILES string of the molecule is COc1cc(O)c(N=Nc2ccccc2)c2ccccc12. The lowest BCUT2D eigenvalue weighted by atomic mass is 10.1. The van der Waals surface area contributed by atoms with Crippen LogP contribution in [0.4, 0.5) is 11.4 Å². The highest BCUT2D eigenvalue weighted by Crippen LogP contribution is 2.41. The first kappa shape index (κ1) is 13.1.